The number of hydrogen-bond donors (Lipinski definition) is 5. The topological polar surface area (TPSA) is 177 Å². The lowest BCUT2D eigenvalue weighted by molar-refractivity contribution is -0.220. The number of halogens is 2. The predicted octanol–water partition coefficient (Wildman–Crippen LogP) is -1.70. The first kappa shape index (κ1) is 21.8. The zero-order valence-corrected chi connectivity index (χ0v) is 14.4. The molecule has 2 heterocycles. The highest BCUT2D eigenvalue weighted by Crippen LogP contribution is 2.31. The van der Waals surface area contributed by atoms with Gasteiger partial charge in [-0.2, -0.15) is 4.98 Å². The average molecular weight is 406 g/mol. The molecule has 0 bridgehead atoms. The summed E-state index contributed by atoms with van der Waals surface area (Å²) in [6.45, 7) is -0.792. The van der Waals surface area contributed by atoms with Gasteiger partial charge in [0.1, 0.15) is 24.1 Å². The second-order valence-electron chi connectivity index (χ2n) is 6.16. The molecule has 156 valence electrons. The number of alkyl halides is 2. The van der Waals surface area contributed by atoms with Crippen molar-refractivity contribution in [3.63, 3.8) is 0 Å². The van der Waals surface area contributed by atoms with Gasteiger partial charge in [-0.05, 0) is 12.5 Å². The van der Waals surface area contributed by atoms with Crippen molar-refractivity contribution in [3.05, 3.63) is 22.7 Å². The molecular formula is C15H20F2N4O7. The van der Waals surface area contributed by atoms with Gasteiger partial charge in [0.05, 0.1) is 6.61 Å². The van der Waals surface area contributed by atoms with Gasteiger partial charge in [-0.1, -0.05) is 0 Å². The summed E-state index contributed by atoms with van der Waals surface area (Å²) in [5.41, 5.74) is 4.20. The Labute approximate surface area is 156 Å². The molecule has 1 aromatic heterocycles. The Bertz CT molecular complexity index is 775. The molecule has 0 spiro atoms. The second-order valence-corrected chi connectivity index (χ2v) is 6.16. The summed E-state index contributed by atoms with van der Waals surface area (Å²) >= 11 is 0. The van der Waals surface area contributed by atoms with Gasteiger partial charge in [0.15, 0.2) is 18.6 Å². The highest BCUT2D eigenvalue weighted by molar-refractivity contribution is 5.90. The number of nitrogens with one attached hydrogen (secondary N) is 1. The molecule has 1 aromatic rings. The highest BCUT2D eigenvalue weighted by Gasteiger charge is 2.47. The van der Waals surface area contributed by atoms with Gasteiger partial charge < -0.3 is 31.1 Å². The van der Waals surface area contributed by atoms with Crippen molar-refractivity contribution in [1.82, 2.24) is 9.55 Å². The van der Waals surface area contributed by atoms with Crippen molar-refractivity contribution in [2.75, 3.05) is 11.9 Å². The fourth-order valence-corrected chi connectivity index (χ4v) is 2.55. The van der Waals surface area contributed by atoms with Gasteiger partial charge in [0, 0.05) is 12.6 Å². The second kappa shape index (κ2) is 9.14. The molecule has 11 nitrogen and oxygen atoms in total. The summed E-state index contributed by atoms with van der Waals surface area (Å²) in [5, 5.41) is 29.5. The SMILES string of the molecule is NC(CCC(=O)Nc1ccn([C@@H]2O[C@H](CO)C(O)[C@H](F)C2F)c(=O)n1)C(=O)O. The number of aliphatic hydroxyl groups excluding tert-OH is 2. The lowest BCUT2D eigenvalue weighted by Gasteiger charge is -2.38. The minimum atomic E-state index is -2.39. The van der Waals surface area contributed by atoms with Crippen LogP contribution in [0.3, 0.4) is 0 Å². The van der Waals surface area contributed by atoms with E-state index in [0.29, 0.717) is 4.57 Å². The van der Waals surface area contributed by atoms with E-state index in [1.807, 2.05) is 0 Å². The van der Waals surface area contributed by atoms with Crippen LogP contribution in [-0.2, 0) is 14.3 Å². The Hall–Kier alpha value is -2.48. The summed E-state index contributed by atoms with van der Waals surface area (Å²) < 4.78 is 33.7. The van der Waals surface area contributed by atoms with Crippen molar-refractivity contribution in [1.29, 1.82) is 0 Å². The van der Waals surface area contributed by atoms with Crippen molar-refractivity contribution in [2.45, 2.75) is 49.7 Å². The zero-order valence-electron chi connectivity index (χ0n) is 14.4. The molecule has 0 aliphatic carbocycles. The number of carboxylic acid groups (broad SMARTS) is 1. The molecule has 1 amide bonds. The molecule has 0 saturated carbocycles. The number of nitrogens with zero attached hydrogens (tertiary/aromatic N) is 2. The standard InChI is InChI=1S/C15H20F2N4O7/c16-10-11(17)13(28-7(5-22)12(10)24)21-4-3-8(20-15(21)27)19-9(23)2-1-6(18)14(25)26/h3-4,6-7,10-13,22,24H,1-2,5,18H2,(H,25,26)(H,19,20,23,27)/t6?,7-,10-,11?,12?,13-/m1/s1. The van der Waals surface area contributed by atoms with Crippen LogP contribution in [0, 0.1) is 0 Å². The molecule has 0 radical (unpaired) electrons. The van der Waals surface area contributed by atoms with Crippen molar-refractivity contribution < 1.29 is 38.4 Å². The van der Waals surface area contributed by atoms with Crippen LogP contribution in [0.2, 0.25) is 0 Å². The van der Waals surface area contributed by atoms with E-state index in [0.717, 1.165) is 12.3 Å². The van der Waals surface area contributed by atoms with Crippen molar-refractivity contribution in [3.8, 4) is 0 Å². The molecule has 13 heteroatoms. The number of hydrogen-bond acceptors (Lipinski definition) is 8. The first-order valence-corrected chi connectivity index (χ1v) is 8.25. The first-order chi connectivity index (χ1) is 13.1. The van der Waals surface area contributed by atoms with Crippen LogP contribution in [0.4, 0.5) is 14.6 Å². The highest BCUT2D eigenvalue weighted by atomic mass is 19.2. The zero-order chi connectivity index (χ0) is 21.0. The monoisotopic (exact) mass is 406 g/mol. The molecule has 28 heavy (non-hydrogen) atoms. The maximum Gasteiger partial charge on any atom is 0.351 e. The van der Waals surface area contributed by atoms with Crippen LogP contribution in [0.1, 0.15) is 19.1 Å². The maximum absolute atomic E-state index is 14.2. The minimum absolute atomic E-state index is 0.138. The largest absolute Gasteiger partial charge is 0.480 e. The number of aliphatic carboxylic acids is 1. The molecule has 1 saturated heterocycles. The molecular weight excluding hydrogens is 386 g/mol. The Kier molecular flexibility index (Phi) is 7.12. The third-order valence-corrected chi connectivity index (χ3v) is 4.15. The van der Waals surface area contributed by atoms with Crippen LogP contribution in [-0.4, -0.2) is 73.9 Å². The molecule has 0 aromatic carbocycles. The Morgan fingerprint density at radius 3 is 2.64 bits per heavy atom. The predicted molar refractivity (Wildman–Crippen MR) is 88.8 cm³/mol. The van der Waals surface area contributed by atoms with Gasteiger partial charge in [0.25, 0.3) is 0 Å². The number of carboxylic acids is 1. The van der Waals surface area contributed by atoms with Crippen LogP contribution >= 0.6 is 0 Å². The van der Waals surface area contributed by atoms with Crippen molar-refractivity contribution in [2.24, 2.45) is 5.73 Å². The number of carbonyl (C=O) groups excluding carboxylic acids is 1. The number of amides is 1. The number of rotatable bonds is 7. The van der Waals surface area contributed by atoms with Crippen LogP contribution < -0.4 is 16.7 Å². The Morgan fingerprint density at radius 2 is 2.07 bits per heavy atom. The quantitative estimate of drug-likeness (QED) is 0.353. The van der Waals surface area contributed by atoms with Gasteiger partial charge >= 0.3 is 11.7 Å². The van der Waals surface area contributed by atoms with Crippen LogP contribution in [0.15, 0.2) is 17.1 Å². The van der Waals surface area contributed by atoms with E-state index >= 15 is 0 Å². The number of carbonyl (C=O) groups is 2. The molecule has 6 atom stereocenters. The fraction of sp³-hybridized carbons (Fsp3) is 0.600. The molecule has 1 aliphatic rings. The van der Waals surface area contributed by atoms with E-state index < -0.39 is 61.0 Å². The van der Waals surface area contributed by atoms with Crippen molar-refractivity contribution >= 4 is 17.7 Å². The van der Waals surface area contributed by atoms with Gasteiger partial charge in [-0.15, -0.1) is 0 Å². The van der Waals surface area contributed by atoms with Crippen LogP contribution in [0.25, 0.3) is 0 Å². The van der Waals surface area contributed by atoms with Gasteiger partial charge in [0.2, 0.25) is 5.91 Å². The number of aliphatic hydroxyl groups is 2. The molecule has 2 rings (SSSR count). The first-order valence-electron chi connectivity index (χ1n) is 8.25. The van der Waals surface area contributed by atoms with E-state index in [1.165, 1.54) is 0 Å². The smallest absolute Gasteiger partial charge is 0.351 e. The third kappa shape index (κ3) is 4.86. The van der Waals surface area contributed by atoms with Gasteiger partial charge in [-0.25, -0.2) is 13.6 Å². The molecule has 3 unspecified atom stereocenters. The third-order valence-electron chi connectivity index (χ3n) is 4.15. The molecule has 1 aliphatic heterocycles. The van der Waals surface area contributed by atoms with Gasteiger partial charge in [-0.3, -0.25) is 14.2 Å². The molecule has 1 fully saturated rings. The van der Waals surface area contributed by atoms with E-state index in [-0.39, 0.29) is 18.7 Å². The number of aromatic nitrogens is 2. The maximum atomic E-state index is 14.2. The van der Waals surface area contributed by atoms with E-state index in [4.69, 9.17) is 20.7 Å². The molecule has 6 N–H and O–H groups in total. The lowest BCUT2D eigenvalue weighted by Crippen LogP contribution is -2.54. The normalized spacial score (nSPS) is 28.5. The number of ether oxygens (including phenoxy) is 1. The summed E-state index contributed by atoms with van der Waals surface area (Å²) in [5.74, 6) is -2.11. The summed E-state index contributed by atoms with van der Waals surface area (Å²) in [6, 6.07) is -0.0984. The fourth-order valence-electron chi connectivity index (χ4n) is 2.55. The number of nitrogens with two attached hydrogens (primary N) is 1. The minimum Gasteiger partial charge on any atom is -0.480 e. The number of anilines is 1. The summed E-state index contributed by atoms with van der Waals surface area (Å²) in [4.78, 5) is 38.0. The van der Waals surface area contributed by atoms with Crippen LogP contribution in [0.5, 0.6) is 0 Å². The summed E-state index contributed by atoms with van der Waals surface area (Å²) in [6.07, 6.45) is -9.25. The van der Waals surface area contributed by atoms with E-state index in [9.17, 15) is 28.3 Å². The van der Waals surface area contributed by atoms with E-state index in [1.54, 1.807) is 0 Å². The lowest BCUT2D eigenvalue weighted by atomic mass is 10.0. The Morgan fingerprint density at radius 1 is 1.39 bits per heavy atom. The summed E-state index contributed by atoms with van der Waals surface area (Å²) in [7, 11) is 0. The average Bonchev–Trinajstić information content (AvgIpc) is 2.65. The van der Waals surface area contributed by atoms with E-state index in [2.05, 4.69) is 10.3 Å². The Balaban J connectivity index is 2.08.